The van der Waals surface area contributed by atoms with Gasteiger partial charge in [-0.25, -0.2) is 8.78 Å². The molecule has 0 bridgehead atoms. The minimum absolute atomic E-state index is 0.0417. The highest BCUT2D eigenvalue weighted by atomic mass is 19.1. The largest absolute Gasteiger partial charge is 0.485 e. The van der Waals surface area contributed by atoms with E-state index >= 15 is 0 Å². The summed E-state index contributed by atoms with van der Waals surface area (Å²) in [6, 6.07) is 9.38. The molecule has 0 radical (unpaired) electrons. The number of ether oxygens (including phenoxy) is 1. The lowest BCUT2D eigenvalue weighted by molar-refractivity contribution is 0.286. The molecule has 0 atom stereocenters. The molecule has 3 rings (SSSR count). The Morgan fingerprint density at radius 2 is 1.84 bits per heavy atom. The molecule has 0 aliphatic rings. The normalized spacial score (nSPS) is 11.1. The smallest absolute Gasteiger partial charge is 0.264 e. The van der Waals surface area contributed by atoms with Crippen LogP contribution in [0.5, 0.6) is 5.75 Å². The molecule has 0 amide bonds. The van der Waals surface area contributed by atoms with Crippen molar-refractivity contribution in [1.29, 1.82) is 0 Å². The maximum absolute atomic E-state index is 13.7. The number of hydrogen-bond acceptors (Lipinski definition) is 4. The van der Waals surface area contributed by atoms with Gasteiger partial charge in [0.2, 0.25) is 5.82 Å². The molecule has 1 aromatic heterocycles. The molecular formula is C19H18F2N2O2. The van der Waals surface area contributed by atoms with Crippen molar-refractivity contribution in [3.8, 4) is 17.2 Å². The molecule has 130 valence electrons. The molecule has 0 N–H and O–H groups in total. The van der Waals surface area contributed by atoms with Crippen LogP contribution in [-0.4, -0.2) is 10.1 Å². The van der Waals surface area contributed by atoms with Gasteiger partial charge in [0.25, 0.3) is 5.89 Å². The second kappa shape index (κ2) is 7.01. The fourth-order valence-corrected chi connectivity index (χ4v) is 2.65. The maximum atomic E-state index is 13.7. The lowest BCUT2D eigenvalue weighted by Crippen LogP contribution is -1.99. The Balaban J connectivity index is 1.73. The summed E-state index contributed by atoms with van der Waals surface area (Å²) in [5.41, 5.74) is 2.05. The van der Waals surface area contributed by atoms with Gasteiger partial charge >= 0.3 is 0 Å². The van der Waals surface area contributed by atoms with Gasteiger partial charge in [-0.3, -0.25) is 0 Å². The van der Waals surface area contributed by atoms with E-state index in [-0.39, 0.29) is 23.9 Å². The van der Waals surface area contributed by atoms with Gasteiger partial charge in [0, 0.05) is 0 Å². The monoisotopic (exact) mass is 344 g/mol. The number of aromatic nitrogens is 2. The average molecular weight is 344 g/mol. The molecule has 6 heteroatoms. The molecule has 0 spiro atoms. The van der Waals surface area contributed by atoms with E-state index in [4.69, 9.17) is 9.26 Å². The Bertz CT molecular complexity index is 871. The van der Waals surface area contributed by atoms with Crippen molar-refractivity contribution in [3.63, 3.8) is 0 Å². The topological polar surface area (TPSA) is 48.2 Å². The third-order valence-corrected chi connectivity index (χ3v) is 3.88. The van der Waals surface area contributed by atoms with Gasteiger partial charge < -0.3 is 9.26 Å². The number of aryl methyl sites for hydroxylation is 1. The third-order valence-electron chi connectivity index (χ3n) is 3.88. The van der Waals surface area contributed by atoms with Gasteiger partial charge in [-0.05, 0) is 48.2 Å². The zero-order valence-corrected chi connectivity index (χ0v) is 14.2. The molecule has 0 saturated carbocycles. The highest BCUT2D eigenvalue weighted by Gasteiger charge is 2.18. The van der Waals surface area contributed by atoms with E-state index < -0.39 is 11.6 Å². The summed E-state index contributed by atoms with van der Waals surface area (Å²) in [7, 11) is 0. The Morgan fingerprint density at radius 1 is 1.12 bits per heavy atom. The standard InChI is InChI=1S/C19H18F2N2O2/c1-11(2)14-8-7-13(9-12(14)3)24-10-17-22-19(25-23-17)18-15(20)5-4-6-16(18)21/h4-9,11H,10H2,1-3H3. The number of benzene rings is 2. The van der Waals surface area contributed by atoms with Crippen LogP contribution in [0.4, 0.5) is 8.78 Å². The third kappa shape index (κ3) is 3.68. The predicted octanol–water partition coefficient (Wildman–Crippen LogP) is 5.03. The summed E-state index contributed by atoms with van der Waals surface area (Å²) in [4.78, 5) is 4.00. The summed E-state index contributed by atoms with van der Waals surface area (Å²) >= 11 is 0. The zero-order chi connectivity index (χ0) is 18.0. The van der Waals surface area contributed by atoms with Crippen molar-refractivity contribution in [2.45, 2.75) is 33.3 Å². The van der Waals surface area contributed by atoms with Crippen LogP contribution in [0.3, 0.4) is 0 Å². The second-order valence-corrected chi connectivity index (χ2v) is 6.07. The molecule has 0 unspecified atom stereocenters. The number of halogens is 2. The van der Waals surface area contributed by atoms with Gasteiger partial charge in [-0.15, -0.1) is 0 Å². The zero-order valence-electron chi connectivity index (χ0n) is 14.2. The second-order valence-electron chi connectivity index (χ2n) is 6.07. The van der Waals surface area contributed by atoms with Crippen molar-refractivity contribution in [2.75, 3.05) is 0 Å². The summed E-state index contributed by atoms with van der Waals surface area (Å²) < 4.78 is 38.1. The molecule has 2 aromatic carbocycles. The fourth-order valence-electron chi connectivity index (χ4n) is 2.65. The van der Waals surface area contributed by atoms with Gasteiger partial charge in [0.15, 0.2) is 6.61 Å². The van der Waals surface area contributed by atoms with Crippen LogP contribution >= 0.6 is 0 Å². The van der Waals surface area contributed by atoms with Crippen molar-refractivity contribution in [2.24, 2.45) is 0 Å². The van der Waals surface area contributed by atoms with E-state index in [0.717, 1.165) is 17.7 Å². The van der Waals surface area contributed by atoms with Crippen molar-refractivity contribution < 1.29 is 18.0 Å². The molecule has 0 saturated heterocycles. The Kier molecular flexibility index (Phi) is 4.79. The number of rotatable bonds is 5. The first-order chi connectivity index (χ1) is 12.0. The fraction of sp³-hybridized carbons (Fsp3) is 0.263. The van der Waals surface area contributed by atoms with E-state index in [1.807, 2.05) is 25.1 Å². The maximum Gasteiger partial charge on any atom is 0.264 e. The molecule has 3 aromatic rings. The quantitative estimate of drug-likeness (QED) is 0.652. The Morgan fingerprint density at radius 3 is 2.48 bits per heavy atom. The van der Waals surface area contributed by atoms with Crippen LogP contribution in [0.2, 0.25) is 0 Å². The lowest BCUT2D eigenvalue weighted by Gasteiger charge is -2.11. The van der Waals surface area contributed by atoms with Crippen LogP contribution in [0.1, 0.15) is 36.7 Å². The molecule has 4 nitrogen and oxygen atoms in total. The summed E-state index contributed by atoms with van der Waals surface area (Å²) in [5.74, 6) is -0.398. The number of nitrogens with zero attached hydrogens (tertiary/aromatic N) is 2. The van der Waals surface area contributed by atoms with Crippen molar-refractivity contribution in [3.05, 3.63) is 65.0 Å². The molecule has 0 aliphatic heterocycles. The van der Waals surface area contributed by atoms with E-state index in [1.54, 1.807) is 0 Å². The SMILES string of the molecule is Cc1cc(OCc2noc(-c3c(F)cccc3F)n2)ccc1C(C)C. The molecule has 1 heterocycles. The van der Waals surface area contributed by atoms with Crippen LogP contribution < -0.4 is 4.74 Å². The van der Waals surface area contributed by atoms with E-state index in [1.165, 1.54) is 11.6 Å². The van der Waals surface area contributed by atoms with Gasteiger partial charge in [0.05, 0.1) is 0 Å². The van der Waals surface area contributed by atoms with Crippen LogP contribution in [0, 0.1) is 18.6 Å². The lowest BCUT2D eigenvalue weighted by atomic mass is 9.98. The first-order valence-electron chi connectivity index (χ1n) is 7.96. The van der Waals surface area contributed by atoms with Crippen molar-refractivity contribution >= 4 is 0 Å². The Labute approximate surface area is 144 Å². The van der Waals surface area contributed by atoms with Crippen LogP contribution in [-0.2, 0) is 6.61 Å². The highest BCUT2D eigenvalue weighted by Crippen LogP contribution is 2.26. The first kappa shape index (κ1) is 17.1. The van der Waals surface area contributed by atoms with E-state index in [0.29, 0.717) is 11.7 Å². The molecular weight excluding hydrogens is 326 g/mol. The average Bonchev–Trinajstić information content (AvgIpc) is 3.01. The van der Waals surface area contributed by atoms with Gasteiger partial charge in [0.1, 0.15) is 22.9 Å². The van der Waals surface area contributed by atoms with E-state index in [9.17, 15) is 8.78 Å². The minimum atomic E-state index is -0.754. The van der Waals surface area contributed by atoms with Gasteiger partial charge in [-0.2, -0.15) is 4.98 Å². The first-order valence-corrected chi connectivity index (χ1v) is 7.96. The van der Waals surface area contributed by atoms with E-state index in [2.05, 4.69) is 24.0 Å². The number of hydrogen-bond donors (Lipinski definition) is 0. The van der Waals surface area contributed by atoms with Crippen LogP contribution in [0.25, 0.3) is 11.5 Å². The highest BCUT2D eigenvalue weighted by molar-refractivity contribution is 5.54. The molecule has 25 heavy (non-hydrogen) atoms. The predicted molar refractivity (Wildman–Crippen MR) is 89.3 cm³/mol. The van der Waals surface area contributed by atoms with Gasteiger partial charge in [-0.1, -0.05) is 31.1 Å². The molecule has 0 fully saturated rings. The van der Waals surface area contributed by atoms with Crippen molar-refractivity contribution in [1.82, 2.24) is 10.1 Å². The Hall–Kier alpha value is -2.76. The minimum Gasteiger partial charge on any atom is -0.485 e. The molecule has 0 aliphatic carbocycles. The summed E-state index contributed by atoms with van der Waals surface area (Å²) in [5, 5.41) is 3.71. The summed E-state index contributed by atoms with van der Waals surface area (Å²) in [6.07, 6.45) is 0. The van der Waals surface area contributed by atoms with Crippen LogP contribution in [0.15, 0.2) is 40.9 Å². The summed E-state index contributed by atoms with van der Waals surface area (Å²) in [6.45, 7) is 6.33.